The molecule has 4 nitrogen and oxygen atoms in total. The van der Waals surface area contributed by atoms with E-state index in [9.17, 15) is 22.4 Å². The van der Waals surface area contributed by atoms with Crippen LogP contribution < -0.4 is 10.1 Å². The van der Waals surface area contributed by atoms with Crippen molar-refractivity contribution in [3.8, 4) is 5.75 Å². The average Bonchev–Trinajstić information content (AvgIpc) is 3.09. The second-order valence-corrected chi connectivity index (χ2v) is 5.67. The van der Waals surface area contributed by atoms with Crippen LogP contribution in [0.5, 0.6) is 5.75 Å². The van der Waals surface area contributed by atoms with Crippen LogP contribution in [0.25, 0.3) is 0 Å². The summed E-state index contributed by atoms with van der Waals surface area (Å²) in [6, 6.07) is 2.84. The molecule has 0 aliphatic carbocycles. The van der Waals surface area contributed by atoms with Crippen molar-refractivity contribution in [3.05, 3.63) is 53.0 Å². The highest BCUT2D eigenvalue weighted by molar-refractivity contribution is 5.91. The summed E-state index contributed by atoms with van der Waals surface area (Å²) in [6.45, 7) is 2.09. The fraction of sp³-hybridized carbons (Fsp3) is 0.389. The van der Waals surface area contributed by atoms with Crippen LogP contribution in [-0.2, 0) is 6.61 Å². The van der Waals surface area contributed by atoms with E-state index in [1.54, 1.807) is 0 Å². The van der Waals surface area contributed by atoms with Gasteiger partial charge in [-0.1, -0.05) is 26.2 Å². The molecule has 0 bridgehead atoms. The van der Waals surface area contributed by atoms with Crippen molar-refractivity contribution in [1.29, 1.82) is 0 Å². The van der Waals surface area contributed by atoms with Gasteiger partial charge in [0.2, 0.25) is 11.6 Å². The number of halogens is 4. The van der Waals surface area contributed by atoms with Crippen LogP contribution in [0.4, 0.5) is 17.6 Å². The van der Waals surface area contributed by atoms with Gasteiger partial charge in [-0.05, 0) is 18.6 Å². The molecule has 1 aromatic carbocycles. The molecular weight excluding hydrogens is 354 g/mol. The Labute approximate surface area is 148 Å². The molecule has 0 fully saturated rings. The van der Waals surface area contributed by atoms with Gasteiger partial charge >= 0.3 is 0 Å². The van der Waals surface area contributed by atoms with E-state index in [1.165, 1.54) is 12.1 Å². The summed E-state index contributed by atoms with van der Waals surface area (Å²) >= 11 is 0. The van der Waals surface area contributed by atoms with Crippen LogP contribution in [0.1, 0.15) is 48.9 Å². The number of carbonyl (C=O) groups excluding carboxylic acids is 1. The van der Waals surface area contributed by atoms with Crippen LogP contribution in [0.15, 0.2) is 22.6 Å². The number of ether oxygens (including phenoxy) is 1. The minimum absolute atomic E-state index is 0.00505. The van der Waals surface area contributed by atoms with Gasteiger partial charge in [-0.2, -0.15) is 8.78 Å². The Kier molecular flexibility index (Phi) is 7.06. The molecule has 0 radical (unpaired) electrons. The van der Waals surface area contributed by atoms with Crippen molar-refractivity contribution < 1.29 is 31.5 Å². The lowest BCUT2D eigenvalue weighted by molar-refractivity contribution is 0.0920. The summed E-state index contributed by atoms with van der Waals surface area (Å²) in [5.74, 6) is -7.94. The Morgan fingerprint density at radius 1 is 1.08 bits per heavy atom. The molecule has 0 aliphatic heterocycles. The van der Waals surface area contributed by atoms with Gasteiger partial charge in [0.1, 0.15) is 12.4 Å². The first-order valence-electron chi connectivity index (χ1n) is 8.26. The number of unbranched alkanes of at least 4 members (excludes halogenated alkanes) is 3. The number of benzene rings is 1. The molecule has 1 amide bonds. The molecule has 2 aromatic rings. The highest BCUT2D eigenvalue weighted by atomic mass is 19.2. The summed E-state index contributed by atoms with van der Waals surface area (Å²) in [4.78, 5) is 11.9. The molecular formula is C18H19F4NO3. The number of furan rings is 1. The zero-order valence-corrected chi connectivity index (χ0v) is 14.2. The largest absolute Gasteiger partial charge is 0.479 e. The van der Waals surface area contributed by atoms with Crippen LogP contribution in [0, 0.1) is 23.3 Å². The Balaban J connectivity index is 1.92. The van der Waals surface area contributed by atoms with Gasteiger partial charge in [-0.25, -0.2) is 8.78 Å². The number of hydrogen-bond donors (Lipinski definition) is 1. The quantitative estimate of drug-likeness (QED) is 0.393. The second-order valence-electron chi connectivity index (χ2n) is 5.67. The van der Waals surface area contributed by atoms with E-state index in [-0.39, 0.29) is 17.6 Å². The van der Waals surface area contributed by atoms with Gasteiger partial charge in [0.05, 0.1) is 0 Å². The lowest BCUT2D eigenvalue weighted by Gasteiger charge is -2.08. The lowest BCUT2D eigenvalue weighted by atomic mass is 10.2. The first-order chi connectivity index (χ1) is 12.4. The summed E-state index contributed by atoms with van der Waals surface area (Å²) in [5.41, 5.74) is 0. The van der Waals surface area contributed by atoms with E-state index in [0.29, 0.717) is 6.54 Å². The summed E-state index contributed by atoms with van der Waals surface area (Å²) < 4.78 is 63.2. The summed E-state index contributed by atoms with van der Waals surface area (Å²) in [5, 5.41) is 2.69. The van der Waals surface area contributed by atoms with E-state index in [2.05, 4.69) is 12.2 Å². The van der Waals surface area contributed by atoms with Crippen molar-refractivity contribution in [3.63, 3.8) is 0 Å². The average molecular weight is 373 g/mol. The van der Waals surface area contributed by atoms with Crippen molar-refractivity contribution in [1.82, 2.24) is 5.32 Å². The fourth-order valence-corrected chi connectivity index (χ4v) is 2.24. The normalized spacial score (nSPS) is 10.8. The molecule has 26 heavy (non-hydrogen) atoms. The minimum Gasteiger partial charge on any atom is -0.479 e. The molecule has 2 rings (SSSR count). The van der Waals surface area contributed by atoms with E-state index in [1.807, 2.05) is 0 Å². The lowest BCUT2D eigenvalue weighted by Crippen LogP contribution is -2.23. The molecule has 0 spiro atoms. The number of hydrogen-bond acceptors (Lipinski definition) is 3. The van der Waals surface area contributed by atoms with Crippen LogP contribution >= 0.6 is 0 Å². The number of nitrogens with one attached hydrogen (secondary N) is 1. The van der Waals surface area contributed by atoms with Gasteiger partial charge in [0.25, 0.3) is 5.91 Å². The highest BCUT2D eigenvalue weighted by Crippen LogP contribution is 2.27. The monoisotopic (exact) mass is 373 g/mol. The molecule has 142 valence electrons. The maximum absolute atomic E-state index is 13.5. The molecule has 0 atom stereocenters. The topological polar surface area (TPSA) is 51.5 Å². The predicted octanol–water partition coefficient (Wildman–Crippen LogP) is 4.73. The molecule has 0 unspecified atom stereocenters. The molecule has 0 saturated heterocycles. The van der Waals surface area contributed by atoms with Gasteiger partial charge in [0, 0.05) is 12.6 Å². The predicted molar refractivity (Wildman–Crippen MR) is 85.8 cm³/mol. The Hall–Kier alpha value is -2.51. The maximum Gasteiger partial charge on any atom is 0.286 e. The summed E-state index contributed by atoms with van der Waals surface area (Å²) in [6.07, 6.45) is 4.03. The second kappa shape index (κ2) is 9.26. The third-order valence-electron chi connectivity index (χ3n) is 3.63. The zero-order chi connectivity index (χ0) is 19.1. The zero-order valence-electron chi connectivity index (χ0n) is 14.2. The number of rotatable bonds is 9. The SMILES string of the molecule is CCCCCCNC(=O)c1ccc(COc2c(F)c(F)cc(F)c2F)o1. The molecule has 1 aromatic heterocycles. The van der Waals surface area contributed by atoms with Gasteiger partial charge in [0.15, 0.2) is 23.1 Å². The first kappa shape index (κ1) is 19.8. The van der Waals surface area contributed by atoms with Crippen molar-refractivity contribution in [2.45, 2.75) is 39.2 Å². The molecule has 0 saturated carbocycles. The van der Waals surface area contributed by atoms with Gasteiger partial charge < -0.3 is 14.5 Å². The Morgan fingerprint density at radius 2 is 1.77 bits per heavy atom. The van der Waals surface area contributed by atoms with Crippen LogP contribution in [0.2, 0.25) is 0 Å². The van der Waals surface area contributed by atoms with Gasteiger partial charge in [-0.15, -0.1) is 0 Å². The van der Waals surface area contributed by atoms with E-state index >= 15 is 0 Å². The number of amides is 1. The van der Waals surface area contributed by atoms with E-state index in [0.717, 1.165) is 25.7 Å². The van der Waals surface area contributed by atoms with Crippen molar-refractivity contribution in [2.24, 2.45) is 0 Å². The Morgan fingerprint density at radius 3 is 2.42 bits per heavy atom. The molecule has 1 heterocycles. The summed E-state index contributed by atoms with van der Waals surface area (Å²) in [7, 11) is 0. The first-order valence-corrected chi connectivity index (χ1v) is 8.26. The maximum atomic E-state index is 13.5. The van der Waals surface area contributed by atoms with Crippen LogP contribution in [-0.4, -0.2) is 12.5 Å². The molecule has 0 aliphatic rings. The standard InChI is InChI=1S/C18H19F4NO3/c1-2-3-4-5-8-23-18(24)14-7-6-11(26-14)10-25-17-15(21)12(19)9-13(20)16(17)22/h6-7,9H,2-5,8,10H2,1H3,(H,23,24). The van der Waals surface area contributed by atoms with Crippen molar-refractivity contribution in [2.75, 3.05) is 6.54 Å². The fourth-order valence-electron chi connectivity index (χ4n) is 2.24. The third kappa shape index (κ3) is 5.00. The Bertz CT molecular complexity index is 735. The third-order valence-corrected chi connectivity index (χ3v) is 3.63. The van der Waals surface area contributed by atoms with Crippen LogP contribution in [0.3, 0.4) is 0 Å². The smallest absolute Gasteiger partial charge is 0.286 e. The van der Waals surface area contributed by atoms with E-state index in [4.69, 9.17) is 9.15 Å². The molecule has 8 heteroatoms. The van der Waals surface area contributed by atoms with Crippen molar-refractivity contribution >= 4 is 5.91 Å². The number of carbonyl (C=O) groups is 1. The molecule has 1 N–H and O–H groups in total. The minimum atomic E-state index is -1.64. The highest BCUT2D eigenvalue weighted by Gasteiger charge is 2.21. The van der Waals surface area contributed by atoms with Gasteiger partial charge in [-0.3, -0.25) is 4.79 Å². The van der Waals surface area contributed by atoms with E-state index < -0.39 is 41.5 Å².